The van der Waals surface area contributed by atoms with E-state index in [1.165, 1.54) is 5.56 Å². The van der Waals surface area contributed by atoms with E-state index in [4.69, 9.17) is 4.74 Å². The average molecular weight is 444 g/mol. The van der Waals surface area contributed by atoms with Crippen LogP contribution in [0.5, 0.6) is 5.75 Å². The molecule has 0 unspecified atom stereocenters. The number of amides is 2. The molecule has 6 heteroatoms. The molecule has 0 bridgehead atoms. The van der Waals surface area contributed by atoms with E-state index in [9.17, 15) is 9.59 Å². The minimum atomic E-state index is 0.0559. The second kappa shape index (κ2) is 9.61. The average Bonchev–Trinajstić information content (AvgIpc) is 3.48. The Kier molecular flexibility index (Phi) is 6.24. The van der Waals surface area contributed by atoms with E-state index in [0.29, 0.717) is 36.8 Å². The predicted octanol–water partition coefficient (Wildman–Crippen LogP) is 3.94. The van der Waals surface area contributed by atoms with Crippen LogP contribution in [0.4, 0.5) is 0 Å². The molecular formula is C27H29N3O3. The van der Waals surface area contributed by atoms with E-state index >= 15 is 0 Å². The Morgan fingerprint density at radius 1 is 1.09 bits per heavy atom. The zero-order valence-electron chi connectivity index (χ0n) is 18.8. The molecule has 1 atom stereocenters. The van der Waals surface area contributed by atoms with Crippen LogP contribution < -0.4 is 4.74 Å². The lowest BCUT2D eigenvalue weighted by atomic mass is 9.97. The van der Waals surface area contributed by atoms with Crippen LogP contribution in [0.15, 0.2) is 60.8 Å². The van der Waals surface area contributed by atoms with E-state index in [1.807, 2.05) is 46.3 Å². The van der Waals surface area contributed by atoms with Gasteiger partial charge < -0.3 is 14.5 Å². The summed E-state index contributed by atoms with van der Waals surface area (Å²) in [5.74, 6) is 1.39. The van der Waals surface area contributed by atoms with E-state index < -0.39 is 0 Å². The number of hydrogen-bond acceptors (Lipinski definition) is 4. The van der Waals surface area contributed by atoms with Crippen LogP contribution in [0, 0.1) is 5.92 Å². The molecule has 0 N–H and O–H groups in total. The molecule has 6 nitrogen and oxygen atoms in total. The van der Waals surface area contributed by atoms with Gasteiger partial charge in [0.05, 0.1) is 12.1 Å². The summed E-state index contributed by atoms with van der Waals surface area (Å²) in [6.45, 7) is 3.39. The second-order valence-corrected chi connectivity index (χ2v) is 9.00. The third-order valence-electron chi connectivity index (χ3n) is 6.65. The zero-order chi connectivity index (χ0) is 22.6. The molecule has 2 fully saturated rings. The van der Waals surface area contributed by atoms with Crippen LogP contribution in [0.3, 0.4) is 0 Å². The lowest BCUT2D eigenvalue weighted by molar-refractivity contribution is -0.128. The highest BCUT2D eigenvalue weighted by molar-refractivity contribution is 5.94. The van der Waals surface area contributed by atoms with Crippen molar-refractivity contribution in [2.75, 3.05) is 32.8 Å². The van der Waals surface area contributed by atoms with E-state index in [0.717, 1.165) is 49.8 Å². The number of benzene rings is 2. The monoisotopic (exact) mass is 443 g/mol. The molecule has 0 spiro atoms. The fraction of sp³-hybridized carbons (Fsp3) is 0.370. The first kappa shape index (κ1) is 21.4. The molecule has 1 aromatic heterocycles. The van der Waals surface area contributed by atoms with Gasteiger partial charge >= 0.3 is 0 Å². The van der Waals surface area contributed by atoms with Gasteiger partial charge in [-0.1, -0.05) is 18.2 Å². The molecule has 33 heavy (non-hydrogen) atoms. The van der Waals surface area contributed by atoms with Gasteiger partial charge in [0.1, 0.15) is 12.4 Å². The number of carbonyl (C=O) groups excluding carboxylic acids is 2. The highest BCUT2D eigenvalue weighted by atomic mass is 16.5. The molecule has 2 saturated heterocycles. The molecule has 2 amide bonds. The highest BCUT2D eigenvalue weighted by Gasteiger charge is 2.27. The molecule has 0 aliphatic carbocycles. The van der Waals surface area contributed by atoms with Crippen LogP contribution in [-0.2, 0) is 11.2 Å². The molecule has 170 valence electrons. The Balaban J connectivity index is 1.16. The summed E-state index contributed by atoms with van der Waals surface area (Å²) < 4.78 is 5.84. The van der Waals surface area contributed by atoms with Crippen molar-refractivity contribution < 1.29 is 14.3 Å². The normalized spacial score (nSPS) is 18.3. The first-order valence-electron chi connectivity index (χ1n) is 11.8. The number of ether oxygens (including phenoxy) is 1. The SMILES string of the molecule is O=C1CCCN1CCOc1cccc(C(=O)N2CC[C@H](Cc3ccc4ncccc4c3)C2)c1. The van der Waals surface area contributed by atoms with Gasteiger partial charge in [-0.05, 0) is 67.1 Å². The molecule has 2 aromatic carbocycles. The first-order valence-corrected chi connectivity index (χ1v) is 11.8. The van der Waals surface area contributed by atoms with Gasteiger partial charge in [-0.2, -0.15) is 0 Å². The number of hydrogen-bond donors (Lipinski definition) is 0. The minimum absolute atomic E-state index is 0.0559. The maximum atomic E-state index is 13.1. The topological polar surface area (TPSA) is 62.7 Å². The number of fused-ring (bicyclic) bond motifs is 1. The number of nitrogens with zero attached hydrogens (tertiary/aromatic N) is 3. The summed E-state index contributed by atoms with van der Waals surface area (Å²) in [6.07, 6.45) is 5.36. The molecule has 0 saturated carbocycles. The van der Waals surface area contributed by atoms with Crippen LogP contribution in [0.1, 0.15) is 35.2 Å². The zero-order valence-corrected chi connectivity index (χ0v) is 18.8. The maximum Gasteiger partial charge on any atom is 0.253 e. The van der Waals surface area contributed by atoms with Crippen molar-refractivity contribution in [3.63, 3.8) is 0 Å². The molecule has 3 aromatic rings. The lowest BCUT2D eigenvalue weighted by Gasteiger charge is -2.18. The Morgan fingerprint density at radius 2 is 2.03 bits per heavy atom. The Hall–Kier alpha value is -3.41. The number of carbonyl (C=O) groups is 2. The molecule has 2 aliphatic heterocycles. The van der Waals surface area contributed by atoms with E-state index in [-0.39, 0.29) is 11.8 Å². The number of pyridine rings is 1. The van der Waals surface area contributed by atoms with Crippen molar-refractivity contribution in [2.24, 2.45) is 5.92 Å². The molecule has 5 rings (SSSR count). The summed E-state index contributed by atoms with van der Waals surface area (Å²) in [7, 11) is 0. The molecular weight excluding hydrogens is 414 g/mol. The van der Waals surface area contributed by atoms with Gasteiger partial charge in [0.25, 0.3) is 5.91 Å². The fourth-order valence-corrected chi connectivity index (χ4v) is 4.88. The lowest BCUT2D eigenvalue weighted by Crippen LogP contribution is -2.29. The van der Waals surface area contributed by atoms with Crippen LogP contribution >= 0.6 is 0 Å². The Morgan fingerprint density at radius 3 is 2.91 bits per heavy atom. The van der Waals surface area contributed by atoms with Crippen molar-refractivity contribution >= 4 is 22.7 Å². The number of rotatable bonds is 7. The van der Waals surface area contributed by atoms with Gasteiger partial charge in [0, 0.05) is 43.2 Å². The summed E-state index contributed by atoms with van der Waals surface area (Å²) >= 11 is 0. The predicted molar refractivity (Wildman–Crippen MR) is 127 cm³/mol. The van der Waals surface area contributed by atoms with Gasteiger partial charge in [0.15, 0.2) is 0 Å². The van der Waals surface area contributed by atoms with Crippen molar-refractivity contribution in [3.8, 4) is 5.75 Å². The third-order valence-corrected chi connectivity index (χ3v) is 6.65. The van der Waals surface area contributed by atoms with Crippen LogP contribution in [0.2, 0.25) is 0 Å². The van der Waals surface area contributed by atoms with Gasteiger partial charge in [-0.25, -0.2) is 0 Å². The van der Waals surface area contributed by atoms with E-state index in [2.05, 4.69) is 29.2 Å². The third kappa shape index (κ3) is 5.00. The smallest absolute Gasteiger partial charge is 0.253 e. The van der Waals surface area contributed by atoms with Crippen molar-refractivity contribution in [1.82, 2.24) is 14.8 Å². The number of aromatic nitrogens is 1. The molecule has 2 aliphatic rings. The standard InChI is InChI=1S/C27H29N3O3/c31-26-7-3-12-29(26)14-15-33-24-6-1-4-23(18-24)27(32)30-13-10-21(19-30)16-20-8-9-25-22(17-20)5-2-11-28-25/h1-2,4-6,8-9,11,17-18,21H,3,7,10,12-16,19H2/t21-/m1/s1. The maximum absolute atomic E-state index is 13.1. The fourth-order valence-electron chi connectivity index (χ4n) is 4.88. The number of likely N-dealkylation sites (tertiary alicyclic amines) is 2. The van der Waals surface area contributed by atoms with Gasteiger partial charge in [0.2, 0.25) is 5.91 Å². The first-order chi connectivity index (χ1) is 16.2. The Labute approximate surface area is 194 Å². The van der Waals surface area contributed by atoms with Crippen molar-refractivity contribution in [1.29, 1.82) is 0 Å². The quantitative estimate of drug-likeness (QED) is 0.555. The Bertz CT molecular complexity index is 1160. The summed E-state index contributed by atoms with van der Waals surface area (Å²) in [4.78, 5) is 33.0. The van der Waals surface area contributed by atoms with Crippen LogP contribution in [0.25, 0.3) is 10.9 Å². The van der Waals surface area contributed by atoms with Crippen LogP contribution in [-0.4, -0.2) is 59.4 Å². The summed E-state index contributed by atoms with van der Waals surface area (Å²) in [5.41, 5.74) is 2.96. The van der Waals surface area contributed by atoms with E-state index in [1.54, 1.807) is 0 Å². The highest BCUT2D eigenvalue weighted by Crippen LogP contribution is 2.25. The van der Waals surface area contributed by atoms with Crippen molar-refractivity contribution in [2.45, 2.75) is 25.7 Å². The molecule has 3 heterocycles. The van der Waals surface area contributed by atoms with Gasteiger partial charge in [-0.3, -0.25) is 14.6 Å². The summed E-state index contributed by atoms with van der Waals surface area (Å²) in [5, 5.41) is 1.16. The minimum Gasteiger partial charge on any atom is -0.492 e. The van der Waals surface area contributed by atoms with Crippen molar-refractivity contribution in [3.05, 3.63) is 71.9 Å². The molecule has 0 radical (unpaired) electrons. The van der Waals surface area contributed by atoms with Gasteiger partial charge in [-0.15, -0.1) is 0 Å². The second-order valence-electron chi connectivity index (χ2n) is 9.00. The largest absolute Gasteiger partial charge is 0.492 e. The summed E-state index contributed by atoms with van der Waals surface area (Å²) in [6, 6.07) is 17.9.